The fourth-order valence-electron chi connectivity index (χ4n) is 1.75. The fourth-order valence-corrected chi connectivity index (χ4v) is 1.92. The summed E-state index contributed by atoms with van der Waals surface area (Å²) in [4.78, 5) is 11.9. The molecular weight excluding hydrogens is 290 g/mol. The number of anilines is 1. The van der Waals surface area contributed by atoms with E-state index in [0.29, 0.717) is 22.2 Å². The Morgan fingerprint density at radius 3 is 2.57 bits per heavy atom. The fraction of sp³-hybridized carbons (Fsp3) is 0.188. The normalized spacial score (nSPS) is 10.0. The first kappa shape index (κ1) is 15.2. The SMILES string of the molecule is COc1ccc(Cl)cc1NC(=O)COc1ccc(C)cc1. The Kier molecular flexibility index (Phi) is 5.06. The minimum absolute atomic E-state index is 0.0846. The number of benzene rings is 2. The highest BCUT2D eigenvalue weighted by atomic mass is 35.5. The topological polar surface area (TPSA) is 47.6 Å². The largest absolute Gasteiger partial charge is 0.495 e. The van der Waals surface area contributed by atoms with Gasteiger partial charge in [-0.05, 0) is 37.3 Å². The molecule has 0 spiro atoms. The molecule has 2 rings (SSSR count). The summed E-state index contributed by atoms with van der Waals surface area (Å²) in [6, 6.07) is 12.5. The van der Waals surface area contributed by atoms with Gasteiger partial charge in [0.1, 0.15) is 11.5 Å². The summed E-state index contributed by atoms with van der Waals surface area (Å²) in [6.07, 6.45) is 0. The molecule has 0 radical (unpaired) electrons. The van der Waals surface area contributed by atoms with E-state index < -0.39 is 0 Å². The summed E-state index contributed by atoms with van der Waals surface area (Å²) < 4.78 is 10.6. The van der Waals surface area contributed by atoms with Gasteiger partial charge < -0.3 is 14.8 Å². The van der Waals surface area contributed by atoms with Crippen molar-refractivity contribution < 1.29 is 14.3 Å². The molecule has 0 aliphatic heterocycles. The minimum atomic E-state index is -0.281. The third-order valence-corrected chi connectivity index (χ3v) is 3.06. The molecule has 0 saturated heterocycles. The third kappa shape index (κ3) is 4.39. The van der Waals surface area contributed by atoms with Crippen LogP contribution >= 0.6 is 11.6 Å². The average Bonchev–Trinajstić information content (AvgIpc) is 2.47. The van der Waals surface area contributed by atoms with Gasteiger partial charge in [-0.1, -0.05) is 29.3 Å². The van der Waals surface area contributed by atoms with E-state index >= 15 is 0 Å². The van der Waals surface area contributed by atoms with Crippen LogP contribution in [0.4, 0.5) is 5.69 Å². The maximum absolute atomic E-state index is 11.9. The van der Waals surface area contributed by atoms with E-state index in [0.717, 1.165) is 5.56 Å². The van der Waals surface area contributed by atoms with Gasteiger partial charge in [0.05, 0.1) is 12.8 Å². The zero-order valence-corrected chi connectivity index (χ0v) is 12.6. The predicted molar refractivity (Wildman–Crippen MR) is 83.3 cm³/mol. The summed E-state index contributed by atoms with van der Waals surface area (Å²) in [5, 5.41) is 3.23. The molecule has 110 valence electrons. The van der Waals surface area contributed by atoms with Gasteiger partial charge in [-0.25, -0.2) is 0 Å². The van der Waals surface area contributed by atoms with Gasteiger partial charge in [0, 0.05) is 5.02 Å². The highest BCUT2D eigenvalue weighted by molar-refractivity contribution is 6.31. The van der Waals surface area contributed by atoms with Crippen LogP contribution in [-0.4, -0.2) is 19.6 Å². The summed E-state index contributed by atoms with van der Waals surface area (Å²) >= 11 is 5.91. The number of carbonyl (C=O) groups is 1. The number of nitrogens with one attached hydrogen (secondary N) is 1. The highest BCUT2D eigenvalue weighted by Crippen LogP contribution is 2.27. The number of rotatable bonds is 5. The van der Waals surface area contributed by atoms with E-state index in [4.69, 9.17) is 21.1 Å². The maximum atomic E-state index is 11.9. The summed E-state index contributed by atoms with van der Waals surface area (Å²) in [6.45, 7) is 1.90. The van der Waals surface area contributed by atoms with Gasteiger partial charge >= 0.3 is 0 Å². The molecule has 1 amide bonds. The molecule has 5 heteroatoms. The molecule has 0 heterocycles. The summed E-state index contributed by atoms with van der Waals surface area (Å²) in [5.41, 5.74) is 1.65. The van der Waals surface area contributed by atoms with E-state index in [9.17, 15) is 4.79 Å². The lowest BCUT2D eigenvalue weighted by Crippen LogP contribution is -2.20. The zero-order valence-electron chi connectivity index (χ0n) is 11.9. The number of aryl methyl sites for hydroxylation is 1. The Balaban J connectivity index is 1.95. The van der Waals surface area contributed by atoms with Crippen LogP contribution in [0.5, 0.6) is 11.5 Å². The van der Waals surface area contributed by atoms with Gasteiger partial charge in [-0.3, -0.25) is 4.79 Å². The molecule has 2 aromatic rings. The third-order valence-electron chi connectivity index (χ3n) is 2.83. The number of halogens is 1. The Bertz CT molecular complexity index is 626. The monoisotopic (exact) mass is 305 g/mol. The molecule has 2 aromatic carbocycles. The second-order valence-corrected chi connectivity index (χ2v) is 4.93. The molecule has 4 nitrogen and oxygen atoms in total. The summed E-state index contributed by atoms with van der Waals surface area (Å²) in [5.74, 6) is 0.910. The average molecular weight is 306 g/mol. The summed E-state index contributed by atoms with van der Waals surface area (Å²) in [7, 11) is 1.53. The molecule has 0 aliphatic rings. The van der Waals surface area contributed by atoms with Crippen LogP contribution in [0.15, 0.2) is 42.5 Å². The van der Waals surface area contributed by atoms with E-state index in [-0.39, 0.29) is 12.5 Å². The van der Waals surface area contributed by atoms with Crippen LogP contribution in [0.3, 0.4) is 0 Å². The van der Waals surface area contributed by atoms with E-state index in [2.05, 4.69) is 5.32 Å². The lowest BCUT2D eigenvalue weighted by molar-refractivity contribution is -0.118. The van der Waals surface area contributed by atoms with Crippen LogP contribution in [0, 0.1) is 6.92 Å². The molecule has 0 saturated carbocycles. The Morgan fingerprint density at radius 1 is 1.19 bits per heavy atom. The van der Waals surface area contributed by atoms with Crippen molar-refractivity contribution in [2.24, 2.45) is 0 Å². The minimum Gasteiger partial charge on any atom is -0.495 e. The molecule has 0 unspecified atom stereocenters. The Hall–Kier alpha value is -2.20. The van der Waals surface area contributed by atoms with Crippen molar-refractivity contribution in [2.45, 2.75) is 6.92 Å². The van der Waals surface area contributed by atoms with Crippen LogP contribution in [0.25, 0.3) is 0 Å². The van der Waals surface area contributed by atoms with Crippen molar-refractivity contribution in [2.75, 3.05) is 19.0 Å². The first-order valence-electron chi connectivity index (χ1n) is 6.41. The molecule has 1 N–H and O–H groups in total. The Morgan fingerprint density at radius 2 is 1.90 bits per heavy atom. The first-order chi connectivity index (χ1) is 10.1. The number of hydrogen-bond donors (Lipinski definition) is 1. The lowest BCUT2D eigenvalue weighted by Gasteiger charge is -2.11. The van der Waals surface area contributed by atoms with Crippen LogP contribution in [-0.2, 0) is 4.79 Å². The van der Waals surface area contributed by atoms with Gasteiger partial charge in [-0.2, -0.15) is 0 Å². The molecule has 0 aliphatic carbocycles. The number of amides is 1. The smallest absolute Gasteiger partial charge is 0.262 e. The first-order valence-corrected chi connectivity index (χ1v) is 6.79. The van der Waals surface area contributed by atoms with Crippen LogP contribution in [0.2, 0.25) is 5.02 Å². The van der Waals surface area contributed by atoms with Crippen molar-refractivity contribution in [3.05, 3.63) is 53.1 Å². The second-order valence-electron chi connectivity index (χ2n) is 4.49. The van der Waals surface area contributed by atoms with Crippen molar-refractivity contribution in [1.29, 1.82) is 0 Å². The van der Waals surface area contributed by atoms with Gasteiger partial charge in [0.15, 0.2) is 6.61 Å². The Labute approximate surface area is 128 Å². The number of ether oxygens (including phenoxy) is 2. The molecule has 21 heavy (non-hydrogen) atoms. The molecule has 0 atom stereocenters. The van der Waals surface area contributed by atoms with Crippen molar-refractivity contribution in [1.82, 2.24) is 0 Å². The second kappa shape index (κ2) is 6.99. The number of methoxy groups -OCH3 is 1. The van der Waals surface area contributed by atoms with E-state index in [1.807, 2.05) is 31.2 Å². The lowest BCUT2D eigenvalue weighted by atomic mass is 10.2. The molecule has 0 bridgehead atoms. The zero-order chi connectivity index (χ0) is 15.2. The van der Waals surface area contributed by atoms with Gasteiger partial charge in [0.2, 0.25) is 0 Å². The standard InChI is InChI=1S/C16H16ClNO3/c1-11-3-6-13(7-4-11)21-10-16(19)18-14-9-12(17)5-8-15(14)20-2/h3-9H,10H2,1-2H3,(H,18,19). The van der Waals surface area contributed by atoms with Gasteiger partial charge in [0.25, 0.3) is 5.91 Å². The van der Waals surface area contributed by atoms with Gasteiger partial charge in [-0.15, -0.1) is 0 Å². The number of hydrogen-bond acceptors (Lipinski definition) is 3. The number of carbonyl (C=O) groups excluding carboxylic acids is 1. The van der Waals surface area contributed by atoms with Crippen molar-refractivity contribution >= 4 is 23.2 Å². The molecule has 0 aromatic heterocycles. The van der Waals surface area contributed by atoms with E-state index in [1.165, 1.54) is 7.11 Å². The quantitative estimate of drug-likeness (QED) is 0.916. The van der Waals surface area contributed by atoms with Crippen LogP contribution in [0.1, 0.15) is 5.56 Å². The highest BCUT2D eigenvalue weighted by Gasteiger charge is 2.09. The van der Waals surface area contributed by atoms with E-state index in [1.54, 1.807) is 18.2 Å². The van der Waals surface area contributed by atoms with Crippen molar-refractivity contribution in [3.63, 3.8) is 0 Å². The van der Waals surface area contributed by atoms with Crippen molar-refractivity contribution in [3.8, 4) is 11.5 Å². The predicted octanol–water partition coefficient (Wildman–Crippen LogP) is 3.67. The molecule has 0 fully saturated rings. The van der Waals surface area contributed by atoms with Crippen LogP contribution < -0.4 is 14.8 Å². The maximum Gasteiger partial charge on any atom is 0.262 e. The molecular formula is C16H16ClNO3.